The van der Waals surface area contributed by atoms with Crippen molar-refractivity contribution in [3.63, 3.8) is 0 Å². The van der Waals surface area contributed by atoms with Crippen LogP contribution in [0, 0.1) is 0 Å². The van der Waals surface area contributed by atoms with Crippen LogP contribution in [-0.2, 0) is 4.79 Å². The molecule has 0 saturated heterocycles. The van der Waals surface area contributed by atoms with Gasteiger partial charge in [-0.05, 0) is 42.5 Å². The molecule has 0 fully saturated rings. The topological polar surface area (TPSA) is 59.4 Å². The maximum atomic E-state index is 11.6. The van der Waals surface area contributed by atoms with Crippen molar-refractivity contribution in [1.29, 1.82) is 0 Å². The summed E-state index contributed by atoms with van der Waals surface area (Å²) in [7, 11) is 1.68. The number of benzene rings is 2. The van der Waals surface area contributed by atoms with Gasteiger partial charge in [-0.1, -0.05) is 37.3 Å². The number of carboxylic acid groups (broad SMARTS) is 1. The van der Waals surface area contributed by atoms with Crippen molar-refractivity contribution >= 4 is 28.5 Å². The second-order valence-electron chi connectivity index (χ2n) is 6.96. The number of nitrogens with zero attached hydrogens (tertiary/aromatic N) is 1. The molecule has 0 aliphatic rings. The summed E-state index contributed by atoms with van der Waals surface area (Å²) in [5.41, 5.74) is 2.18. The first-order valence-corrected chi connectivity index (χ1v) is 9.58. The van der Waals surface area contributed by atoms with Gasteiger partial charge < -0.3 is 9.84 Å². The highest BCUT2D eigenvalue weighted by Gasteiger charge is 2.30. The van der Waals surface area contributed by atoms with E-state index in [1.54, 1.807) is 27.2 Å². The molecule has 0 aliphatic carbocycles. The van der Waals surface area contributed by atoms with Crippen molar-refractivity contribution in [3.05, 3.63) is 66.0 Å². The second kappa shape index (κ2) is 7.61. The highest BCUT2D eigenvalue weighted by Crippen LogP contribution is 2.41. The molecule has 5 heteroatoms. The number of thioether (sulfide) groups is 1. The van der Waals surface area contributed by atoms with E-state index in [-0.39, 0.29) is 5.92 Å². The van der Waals surface area contributed by atoms with E-state index in [0.717, 1.165) is 32.5 Å². The molecular weight excluding hydrogens is 358 g/mol. The Morgan fingerprint density at radius 3 is 2.48 bits per heavy atom. The Morgan fingerprint density at radius 1 is 1.11 bits per heavy atom. The number of aromatic nitrogens is 1. The van der Waals surface area contributed by atoms with Crippen LogP contribution in [0.4, 0.5) is 0 Å². The lowest BCUT2D eigenvalue weighted by molar-refractivity contribution is -0.138. The van der Waals surface area contributed by atoms with Crippen LogP contribution in [0.5, 0.6) is 5.75 Å². The fourth-order valence-electron chi connectivity index (χ4n) is 3.15. The standard InChI is InChI=1S/C22H23NO3S/c1-14(15-9-10-19(26-4)17-8-6-5-7-16(15)17)18-13-23-12-11-20(18)27-22(2,3)21(24)25/h5-14H,1-4H3,(H,24,25). The Morgan fingerprint density at radius 2 is 1.81 bits per heavy atom. The van der Waals surface area contributed by atoms with Crippen LogP contribution in [0.2, 0.25) is 0 Å². The Labute approximate surface area is 163 Å². The van der Waals surface area contributed by atoms with E-state index in [1.165, 1.54) is 11.8 Å². The van der Waals surface area contributed by atoms with Gasteiger partial charge in [0.25, 0.3) is 0 Å². The van der Waals surface area contributed by atoms with Crippen molar-refractivity contribution in [2.45, 2.75) is 36.3 Å². The molecule has 0 aliphatic heterocycles. The number of rotatable bonds is 6. The summed E-state index contributed by atoms with van der Waals surface area (Å²) in [6.45, 7) is 5.57. The summed E-state index contributed by atoms with van der Waals surface area (Å²) in [6.07, 6.45) is 3.55. The molecular formula is C22H23NO3S. The summed E-state index contributed by atoms with van der Waals surface area (Å²) in [4.78, 5) is 16.8. The van der Waals surface area contributed by atoms with Gasteiger partial charge in [-0.15, -0.1) is 11.8 Å². The maximum Gasteiger partial charge on any atom is 0.319 e. The summed E-state index contributed by atoms with van der Waals surface area (Å²) >= 11 is 1.35. The number of carbonyl (C=O) groups is 1. The number of aliphatic carboxylic acids is 1. The molecule has 4 nitrogen and oxygen atoms in total. The third-order valence-corrected chi connectivity index (χ3v) is 6.04. The van der Waals surface area contributed by atoms with Gasteiger partial charge in [0.2, 0.25) is 0 Å². The molecule has 1 N–H and O–H groups in total. The third kappa shape index (κ3) is 3.78. The molecule has 1 aromatic heterocycles. The van der Waals surface area contributed by atoms with E-state index < -0.39 is 10.7 Å². The minimum Gasteiger partial charge on any atom is -0.496 e. The number of methoxy groups -OCH3 is 1. The van der Waals surface area contributed by atoms with Crippen molar-refractivity contribution in [2.75, 3.05) is 7.11 Å². The van der Waals surface area contributed by atoms with Gasteiger partial charge in [0.05, 0.1) is 7.11 Å². The minimum absolute atomic E-state index is 0.0570. The van der Waals surface area contributed by atoms with Crippen LogP contribution < -0.4 is 4.74 Å². The first kappa shape index (κ1) is 19.2. The second-order valence-corrected chi connectivity index (χ2v) is 8.62. The van der Waals surface area contributed by atoms with Crippen LogP contribution >= 0.6 is 11.8 Å². The van der Waals surface area contributed by atoms with E-state index in [4.69, 9.17) is 4.74 Å². The first-order valence-electron chi connectivity index (χ1n) is 8.77. The molecule has 0 radical (unpaired) electrons. The smallest absolute Gasteiger partial charge is 0.319 e. The highest BCUT2D eigenvalue weighted by molar-refractivity contribution is 8.01. The maximum absolute atomic E-state index is 11.6. The van der Waals surface area contributed by atoms with E-state index in [9.17, 15) is 9.90 Å². The van der Waals surface area contributed by atoms with Gasteiger partial charge in [-0.25, -0.2) is 0 Å². The van der Waals surface area contributed by atoms with Crippen molar-refractivity contribution in [2.24, 2.45) is 0 Å². The third-order valence-electron chi connectivity index (χ3n) is 4.76. The molecule has 140 valence electrons. The predicted molar refractivity (Wildman–Crippen MR) is 110 cm³/mol. The molecule has 0 amide bonds. The zero-order valence-corrected chi connectivity index (χ0v) is 16.7. The lowest BCUT2D eigenvalue weighted by atomic mass is 9.90. The van der Waals surface area contributed by atoms with Crippen LogP contribution in [0.25, 0.3) is 10.8 Å². The zero-order valence-electron chi connectivity index (χ0n) is 15.9. The Bertz CT molecular complexity index is 984. The molecule has 0 bridgehead atoms. The van der Waals surface area contributed by atoms with Gasteiger partial charge in [0.1, 0.15) is 10.5 Å². The van der Waals surface area contributed by atoms with Gasteiger partial charge in [-0.2, -0.15) is 0 Å². The van der Waals surface area contributed by atoms with E-state index in [1.807, 2.05) is 30.5 Å². The van der Waals surface area contributed by atoms with E-state index in [0.29, 0.717) is 0 Å². The zero-order chi connectivity index (χ0) is 19.6. The Balaban J connectivity index is 2.09. The molecule has 0 saturated carbocycles. The quantitative estimate of drug-likeness (QED) is 0.583. The first-order chi connectivity index (χ1) is 12.8. The number of fused-ring (bicyclic) bond motifs is 1. The molecule has 2 aromatic carbocycles. The lowest BCUT2D eigenvalue weighted by Gasteiger charge is -2.23. The normalized spacial score (nSPS) is 12.7. The van der Waals surface area contributed by atoms with Crippen LogP contribution in [0.1, 0.15) is 37.8 Å². The van der Waals surface area contributed by atoms with E-state index in [2.05, 4.69) is 30.1 Å². The Kier molecular flexibility index (Phi) is 5.42. The molecule has 0 spiro atoms. The van der Waals surface area contributed by atoms with Crippen LogP contribution in [0.15, 0.2) is 59.8 Å². The van der Waals surface area contributed by atoms with Crippen LogP contribution in [-0.4, -0.2) is 27.9 Å². The molecule has 1 atom stereocenters. The van der Waals surface area contributed by atoms with Gasteiger partial charge >= 0.3 is 5.97 Å². The largest absolute Gasteiger partial charge is 0.496 e. The summed E-state index contributed by atoms with van der Waals surface area (Å²) < 4.78 is 4.58. The van der Waals surface area contributed by atoms with Crippen LogP contribution in [0.3, 0.4) is 0 Å². The van der Waals surface area contributed by atoms with Crippen molar-refractivity contribution in [1.82, 2.24) is 4.98 Å². The molecule has 1 heterocycles. The summed E-state index contributed by atoms with van der Waals surface area (Å²) in [6, 6.07) is 14.1. The number of ether oxygens (including phenoxy) is 1. The fraction of sp³-hybridized carbons (Fsp3) is 0.273. The molecule has 1 unspecified atom stereocenters. The Hall–Kier alpha value is -2.53. The molecule has 3 rings (SSSR count). The minimum atomic E-state index is -0.919. The number of pyridine rings is 1. The number of hydrogen-bond acceptors (Lipinski definition) is 4. The number of carboxylic acids is 1. The monoisotopic (exact) mass is 381 g/mol. The summed E-state index contributed by atoms with van der Waals surface area (Å²) in [5, 5.41) is 11.7. The fourth-order valence-corrected chi connectivity index (χ4v) is 4.26. The van der Waals surface area contributed by atoms with E-state index >= 15 is 0 Å². The average Bonchev–Trinajstić information content (AvgIpc) is 2.66. The van der Waals surface area contributed by atoms with Gasteiger partial charge in [0, 0.05) is 28.6 Å². The number of hydrogen-bond donors (Lipinski definition) is 1. The molecule has 3 aromatic rings. The van der Waals surface area contributed by atoms with Gasteiger partial charge in [-0.3, -0.25) is 9.78 Å². The van der Waals surface area contributed by atoms with Gasteiger partial charge in [0.15, 0.2) is 0 Å². The van der Waals surface area contributed by atoms with Crippen molar-refractivity contribution < 1.29 is 14.6 Å². The van der Waals surface area contributed by atoms with Crippen molar-refractivity contribution in [3.8, 4) is 5.75 Å². The lowest BCUT2D eigenvalue weighted by Crippen LogP contribution is -2.27. The SMILES string of the molecule is COc1ccc(C(C)c2cnccc2SC(C)(C)C(=O)O)c2ccccc12. The average molecular weight is 381 g/mol. The highest BCUT2D eigenvalue weighted by atomic mass is 32.2. The molecule has 27 heavy (non-hydrogen) atoms. The predicted octanol–water partition coefficient (Wildman–Crippen LogP) is 5.35. The summed E-state index contributed by atoms with van der Waals surface area (Å²) in [5.74, 6) is 0.0637.